The summed E-state index contributed by atoms with van der Waals surface area (Å²) in [4.78, 5) is 32.3. The van der Waals surface area contributed by atoms with E-state index in [2.05, 4.69) is 0 Å². The molecule has 5 aromatic rings. The van der Waals surface area contributed by atoms with Gasteiger partial charge < -0.3 is 14.2 Å². The fourth-order valence-corrected chi connectivity index (χ4v) is 7.36. The maximum Gasteiger partial charge on any atom is 0.429 e. The Kier molecular flexibility index (Phi) is 10.1. The monoisotopic (exact) mass is 777 g/mol. The first kappa shape index (κ1) is 39.4. The van der Waals surface area contributed by atoms with E-state index >= 15 is 0 Å². The summed E-state index contributed by atoms with van der Waals surface area (Å²) >= 11 is 0. The topological polar surface area (TPSA) is 135 Å². The number of hydrogen-bond acceptors (Lipinski definition) is 9. The van der Waals surface area contributed by atoms with Gasteiger partial charge >= 0.3 is 12.2 Å². The van der Waals surface area contributed by atoms with E-state index in [1.807, 2.05) is 13.0 Å². The van der Waals surface area contributed by atoms with Crippen molar-refractivity contribution in [2.24, 2.45) is 0 Å². The maximum absolute atomic E-state index is 14.1. The summed E-state index contributed by atoms with van der Waals surface area (Å²) in [5.41, 5.74) is 3.29. The molecule has 1 fully saturated rings. The molecule has 6 rings (SSSR count). The van der Waals surface area contributed by atoms with Gasteiger partial charge in [-0.05, 0) is 110 Å². The van der Waals surface area contributed by atoms with Crippen LogP contribution in [0.3, 0.4) is 0 Å². The summed E-state index contributed by atoms with van der Waals surface area (Å²) in [5, 5.41) is 5.29. The van der Waals surface area contributed by atoms with Crippen LogP contribution in [0.15, 0.2) is 48.7 Å². The number of hydrogen-bond donors (Lipinski definition) is 0. The predicted molar refractivity (Wildman–Crippen MR) is 205 cm³/mol. The van der Waals surface area contributed by atoms with Crippen LogP contribution in [-0.4, -0.2) is 64.5 Å². The molecular formula is C40H45F2N5O7S. The first-order chi connectivity index (χ1) is 25.5. The molecule has 1 amide bonds. The van der Waals surface area contributed by atoms with E-state index in [-0.39, 0.29) is 23.9 Å². The highest BCUT2D eigenvalue weighted by Gasteiger charge is 2.35. The first-order valence-corrected chi connectivity index (χ1v) is 19.6. The van der Waals surface area contributed by atoms with E-state index in [9.17, 15) is 26.8 Å². The van der Waals surface area contributed by atoms with Crippen LogP contribution >= 0.6 is 0 Å². The van der Waals surface area contributed by atoms with Gasteiger partial charge in [-0.1, -0.05) is 6.07 Å². The first-order valence-electron chi connectivity index (χ1n) is 17.7. The summed E-state index contributed by atoms with van der Waals surface area (Å²) in [6, 6.07) is 10.1. The lowest BCUT2D eigenvalue weighted by atomic mass is 9.97. The summed E-state index contributed by atoms with van der Waals surface area (Å²) < 4.78 is 75.0. The third-order valence-electron chi connectivity index (χ3n) is 8.87. The largest absolute Gasteiger partial charge is 0.495 e. The van der Waals surface area contributed by atoms with Gasteiger partial charge in [-0.3, -0.25) is 4.68 Å². The number of carbonyl (C=O) groups is 2. The number of amides is 1. The molecule has 12 nitrogen and oxygen atoms in total. The Morgan fingerprint density at radius 3 is 2.13 bits per heavy atom. The van der Waals surface area contributed by atoms with Crippen LogP contribution in [0.25, 0.3) is 33.3 Å². The Balaban J connectivity index is 1.59. The Labute approximate surface area is 319 Å². The lowest BCUT2D eigenvalue weighted by Gasteiger charge is -2.27. The average molecular weight is 778 g/mol. The smallest absolute Gasteiger partial charge is 0.429 e. The minimum absolute atomic E-state index is 0.0464. The third-order valence-corrected chi connectivity index (χ3v) is 9.88. The molecule has 3 aromatic heterocycles. The number of benzene rings is 2. The fourth-order valence-electron chi connectivity index (χ4n) is 6.56. The number of sulfonamides is 1. The number of carbonyl (C=O) groups excluding carboxylic acids is 2. The number of aromatic nitrogens is 4. The molecule has 3 heterocycles. The SMILES string of the molecule is COc1ccc(-c2cc3c(-c4c(C)nn(Cc5cc(F)cc(F)c5)c4C)cn(C(=O)OC(C)(C)C)c3nc2C2CC2)cc1N(C(=O)OC(C)(C)C)S(C)(=O)=O. The second-order valence-corrected chi connectivity index (χ2v) is 17.7. The van der Waals surface area contributed by atoms with Gasteiger partial charge in [0.15, 0.2) is 0 Å². The van der Waals surface area contributed by atoms with Gasteiger partial charge in [0.05, 0.1) is 31.3 Å². The third kappa shape index (κ3) is 8.36. The lowest BCUT2D eigenvalue weighted by molar-refractivity contribution is 0.0541. The molecular weight excluding hydrogens is 733 g/mol. The van der Waals surface area contributed by atoms with Crippen LogP contribution in [-0.2, 0) is 26.0 Å². The molecule has 1 saturated carbocycles. The van der Waals surface area contributed by atoms with Crippen molar-refractivity contribution in [2.75, 3.05) is 17.7 Å². The van der Waals surface area contributed by atoms with Crippen molar-refractivity contribution in [2.45, 2.75) is 91.9 Å². The molecule has 0 radical (unpaired) electrons. The van der Waals surface area contributed by atoms with Gasteiger partial charge in [0.2, 0.25) is 10.0 Å². The second kappa shape index (κ2) is 14.1. The number of rotatable bonds is 8. The Hall–Kier alpha value is -5.31. The van der Waals surface area contributed by atoms with Crippen molar-refractivity contribution in [1.29, 1.82) is 0 Å². The van der Waals surface area contributed by atoms with Crippen molar-refractivity contribution in [3.05, 3.63) is 82.9 Å². The van der Waals surface area contributed by atoms with E-state index in [4.69, 9.17) is 24.3 Å². The Morgan fingerprint density at radius 2 is 1.56 bits per heavy atom. The predicted octanol–water partition coefficient (Wildman–Crippen LogP) is 8.88. The molecule has 1 aliphatic rings. The molecule has 15 heteroatoms. The molecule has 0 spiro atoms. The number of nitrogens with zero attached hydrogens (tertiary/aromatic N) is 5. The van der Waals surface area contributed by atoms with Crippen molar-refractivity contribution in [1.82, 2.24) is 19.3 Å². The quantitative estimate of drug-likeness (QED) is 0.151. The zero-order valence-corrected chi connectivity index (χ0v) is 33.4. The molecule has 2 aromatic carbocycles. The summed E-state index contributed by atoms with van der Waals surface area (Å²) in [7, 11) is -2.84. The number of halogens is 2. The summed E-state index contributed by atoms with van der Waals surface area (Å²) in [5.74, 6) is -1.23. The molecule has 0 bridgehead atoms. The number of anilines is 1. The molecule has 292 valence electrons. The highest BCUT2D eigenvalue weighted by Crippen LogP contribution is 2.47. The van der Waals surface area contributed by atoms with Gasteiger partial charge in [0.25, 0.3) is 0 Å². The lowest BCUT2D eigenvalue weighted by Crippen LogP contribution is -2.40. The maximum atomic E-state index is 14.1. The average Bonchev–Trinajstić information content (AvgIpc) is 3.77. The number of fused-ring (bicyclic) bond motifs is 1. The molecule has 1 aliphatic carbocycles. The van der Waals surface area contributed by atoms with Gasteiger partial charge in [0.1, 0.15) is 39.9 Å². The summed E-state index contributed by atoms with van der Waals surface area (Å²) in [6.45, 7) is 13.9. The molecule has 0 unspecified atom stereocenters. The van der Waals surface area contributed by atoms with Crippen LogP contribution in [0.2, 0.25) is 0 Å². The van der Waals surface area contributed by atoms with E-state index in [1.165, 1.54) is 23.8 Å². The molecule has 55 heavy (non-hydrogen) atoms. The van der Waals surface area contributed by atoms with Crippen molar-refractivity contribution in [3.63, 3.8) is 0 Å². The zero-order chi connectivity index (χ0) is 40.4. The van der Waals surface area contributed by atoms with Gasteiger partial charge in [0, 0.05) is 46.0 Å². The number of pyridine rings is 1. The molecule has 0 N–H and O–H groups in total. The minimum Gasteiger partial charge on any atom is -0.495 e. The van der Waals surface area contributed by atoms with Gasteiger partial charge in [-0.15, -0.1) is 0 Å². The van der Waals surface area contributed by atoms with E-state index in [1.54, 1.807) is 77.5 Å². The van der Waals surface area contributed by atoms with Crippen LogP contribution in [0.4, 0.5) is 24.1 Å². The zero-order valence-electron chi connectivity index (χ0n) is 32.6. The summed E-state index contributed by atoms with van der Waals surface area (Å²) in [6.07, 6.45) is 2.51. The molecule has 0 atom stereocenters. The number of methoxy groups -OCH3 is 1. The Morgan fingerprint density at radius 1 is 0.927 bits per heavy atom. The highest BCUT2D eigenvalue weighted by molar-refractivity contribution is 7.92. The van der Waals surface area contributed by atoms with Crippen LogP contribution in [0, 0.1) is 25.5 Å². The molecule has 0 aliphatic heterocycles. The van der Waals surface area contributed by atoms with Gasteiger partial charge in [-0.2, -0.15) is 9.40 Å². The van der Waals surface area contributed by atoms with Gasteiger partial charge in [-0.25, -0.2) is 36.3 Å². The van der Waals surface area contributed by atoms with E-state index < -0.39 is 45.0 Å². The standard InChI is InChI=1S/C40H45F2N5O7S/c1-22-34(23(2)46(44-22)20-24-15-27(41)18-28(42)16-24)31-21-45(37(48)53-39(3,4)5)36-30(31)19-29(35(43-36)25-11-12-25)26-13-14-33(52-9)32(17-26)47(55(10,50)51)38(49)54-40(6,7)8/h13-19,21,25H,11-12,20H2,1-10H3. The Bertz CT molecular complexity index is 2440. The van der Waals surface area contributed by atoms with Crippen molar-refractivity contribution < 1.29 is 41.0 Å². The van der Waals surface area contributed by atoms with Crippen LogP contribution < -0.4 is 9.04 Å². The van der Waals surface area contributed by atoms with E-state index in [0.717, 1.165) is 25.2 Å². The van der Waals surface area contributed by atoms with Crippen molar-refractivity contribution >= 4 is 38.9 Å². The number of aryl methyl sites for hydroxylation is 1. The normalized spacial score (nSPS) is 13.6. The van der Waals surface area contributed by atoms with Crippen LogP contribution in [0.5, 0.6) is 5.75 Å². The van der Waals surface area contributed by atoms with Crippen LogP contribution in [0.1, 0.15) is 82.9 Å². The fraction of sp³-hybridized carbons (Fsp3) is 0.400. The second-order valence-electron chi connectivity index (χ2n) is 15.8. The van der Waals surface area contributed by atoms with E-state index in [0.29, 0.717) is 60.2 Å². The number of ether oxygens (including phenoxy) is 3. The minimum atomic E-state index is -4.21. The van der Waals surface area contributed by atoms with Crippen molar-refractivity contribution in [3.8, 4) is 28.0 Å². The highest BCUT2D eigenvalue weighted by atomic mass is 32.2. The molecule has 0 saturated heterocycles.